The number of anilines is 1. The highest BCUT2D eigenvalue weighted by Crippen LogP contribution is 2.33. The van der Waals surface area contributed by atoms with E-state index in [1.165, 1.54) is 28.6 Å². The maximum absolute atomic E-state index is 12.9. The van der Waals surface area contributed by atoms with E-state index < -0.39 is 12.6 Å². The van der Waals surface area contributed by atoms with E-state index in [4.69, 9.17) is 4.99 Å². The highest BCUT2D eigenvalue weighted by Gasteiger charge is 2.29. The molecule has 1 saturated heterocycles. The Morgan fingerprint density at radius 2 is 1.85 bits per heavy atom. The van der Waals surface area contributed by atoms with Crippen LogP contribution in [0.1, 0.15) is 40.1 Å². The number of piperidine rings is 1. The third-order valence-corrected chi connectivity index (χ3v) is 10.1. The first-order valence-corrected chi connectivity index (χ1v) is 16.5. The van der Waals surface area contributed by atoms with Crippen LogP contribution in [0.2, 0.25) is 0 Å². The van der Waals surface area contributed by atoms with Crippen LogP contribution in [-0.2, 0) is 25.9 Å². The van der Waals surface area contributed by atoms with Crippen molar-refractivity contribution in [2.24, 2.45) is 4.99 Å². The summed E-state index contributed by atoms with van der Waals surface area (Å²) in [5, 5.41) is 15.2. The van der Waals surface area contributed by atoms with Gasteiger partial charge in [0, 0.05) is 53.8 Å². The van der Waals surface area contributed by atoms with Crippen molar-refractivity contribution in [2.45, 2.75) is 57.9 Å². The first-order valence-electron chi connectivity index (χ1n) is 15.6. The zero-order valence-electron chi connectivity index (χ0n) is 25.9. The van der Waals surface area contributed by atoms with Gasteiger partial charge in [-0.15, -0.1) is 11.3 Å². The number of nitrogens with one attached hydrogen (secondary N) is 1. The van der Waals surface area contributed by atoms with Gasteiger partial charge in [0.05, 0.1) is 30.6 Å². The number of allylic oxidation sites excluding steroid dienone is 1. The predicted molar refractivity (Wildman–Crippen MR) is 179 cm³/mol. The Kier molecular flexibility index (Phi) is 8.51. The highest BCUT2D eigenvalue weighted by molar-refractivity contribution is 7.18. The summed E-state index contributed by atoms with van der Waals surface area (Å²) in [6, 6.07) is 14.5. The smallest absolute Gasteiger partial charge is 0.367 e. The fraction of sp³-hybridized carbons (Fsp3) is 0.343. The third kappa shape index (κ3) is 6.92. The van der Waals surface area contributed by atoms with Gasteiger partial charge in [0.15, 0.2) is 0 Å². The molecule has 0 atom stereocenters. The van der Waals surface area contributed by atoms with E-state index >= 15 is 0 Å². The Hall–Kier alpha value is -4.60. The maximum Gasteiger partial charge on any atom is 0.393 e. The molecule has 240 valence electrons. The van der Waals surface area contributed by atoms with E-state index in [0.717, 1.165) is 66.8 Å². The molecule has 0 bridgehead atoms. The standard InChI is InChI=1S/C35H33F3N8S/c1-22-25(19-45-10-6-26(7-11-45)44-33-31-15-29(16-35(36,37)38)47-34(31)43-21-42-33)2-3-32-30(22)14-28(17-39)46(32)20-27-13-24(18-41-27)12-23-4-8-40-9-5-23/h2-5,8-9,13-15,21,26H,6-7,10-12,16,18-20H2,1H3,(H,42,43,44). The molecule has 8 nitrogen and oxygen atoms in total. The topological polar surface area (TPSA) is 95.0 Å². The van der Waals surface area contributed by atoms with Crippen LogP contribution in [0.3, 0.4) is 0 Å². The van der Waals surface area contributed by atoms with Crippen molar-refractivity contribution in [1.29, 1.82) is 5.26 Å². The molecule has 2 aliphatic heterocycles. The zero-order valence-corrected chi connectivity index (χ0v) is 26.7. The summed E-state index contributed by atoms with van der Waals surface area (Å²) >= 11 is 1.07. The quantitative estimate of drug-likeness (QED) is 0.184. The number of likely N-dealkylation sites (tertiary alicyclic amines) is 1. The Morgan fingerprint density at radius 3 is 2.62 bits per heavy atom. The first kappa shape index (κ1) is 31.0. The fourth-order valence-corrected chi connectivity index (χ4v) is 7.61. The number of nitrogens with zero attached hydrogens (tertiary/aromatic N) is 7. The van der Waals surface area contributed by atoms with Crippen LogP contribution in [0.5, 0.6) is 0 Å². The minimum Gasteiger partial charge on any atom is -0.367 e. The van der Waals surface area contributed by atoms with Crippen LogP contribution in [0.15, 0.2) is 71.8 Å². The van der Waals surface area contributed by atoms with Gasteiger partial charge in [-0.1, -0.05) is 6.07 Å². The predicted octanol–water partition coefficient (Wildman–Crippen LogP) is 7.03. The minimum atomic E-state index is -4.26. The average Bonchev–Trinajstić information content (AvgIpc) is 3.77. The molecule has 2 aliphatic rings. The molecule has 47 heavy (non-hydrogen) atoms. The van der Waals surface area contributed by atoms with Crippen LogP contribution < -0.4 is 5.32 Å². The van der Waals surface area contributed by atoms with Crippen molar-refractivity contribution in [3.05, 3.63) is 94.0 Å². The summed E-state index contributed by atoms with van der Waals surface area (Å²) < 4.78 is 40.9. The van der Waals surface area contributed by atoms with Crippen LogP contribution >= 0.6 is 11.3 Å². The molecule has 0 spiro atoms. The molecule has 5 aromatic rings. The number of benzene rings is 1. The summed E-state index contributed by atoms with van der Waals surface area (Å²) in [6.45, 7) is 5.92. The van der Waals surface area contributed by atoms with Crippen molar-refractivity contribution in [3.8, 4) is 6.07 Å². The molecule has 0 radical (unpaired) electrons. The average molecular weight is 655 g/mol. The van der Waals surface area contributed by atoms with E-state index in [9.17, 15) is 18.4 Å². The van der Waals surface area contributed by atoms with Crippen molar-refractivity contribution < 1.29 is 13.2 Å². The number of thiophene rings is 1. The number of nitriles is 1. The second-order valence-electron chi connectivity index (χ2n) is 12.3. The van der Waals surface area contributed by atoms with Crippen LogP contribution in [0, 0.1) is 18.3 Å². The van der Waals surface area contributed by atoms with Crippen molar-refractivity contribution in [1.82, 2.24) is 24.4 Å². The van der Waals surface area contributed by atoms with Gasteiger partial charge in [-0.25, -0.2) is 9.97 Å². The molecule has 6 heterocycles. The molecular formula is C35H33F3N8S. The van der Waals surface area contributed by atoms with Crippen LogP contribution in [0.25, 0.3) is 21.1 Å². The molecule has 0 unspecified atom stereocenters. The van der Waals surface area contributed by atoms with E-state index in [1.807, 2.05) is 18.2 Å². The summed E-state index contributed by atoms with van der Waals surface area (Å²) in [5.41, 5.74) is 7.51. The van der Waals surface area contributed by atoms with Gasteiger partial charge in [-0.2, -0.15) is 18.4 Å². The number of halogens is 3. The third-order valence-electron chi connectivity index (χ3n) is 9.02. The number of aromatic nitrogens is 4. The minimum absolute atomic E-state index is 0.170. The monoisotopic (exact) mass is 654 g/mol. The second kappa shape index (κ2) is 12.9. The highest BCUT2D eigenvalue weighted by atomic mass is 32.1. The SMILES string of the molecule is Cc1c(CN2CCC(Nc3ncnc4sc(CC(F)(F)F)cc34)CC2)ccc2c1cc(C#N)n2CC1=NCC(Cc2ccncc2)=C1. The van der Waals surface area contributed by atoms with Crippen LogP contribution in [-0.4, -0.2) is 62.0 Å². The van der Waals surface area contributed by atoms with Crippen LogP contribution in [0.4, 0.5) is 19.0 Å². The molecule has 4 aromatic heterocycles. The lowest BCUT2D eigenvalue weighted by atomic mass is 10.0. The second-order valence-corrected chi connectivity index (χ2v) is 13.4. The molecule has 1 N–H and O–H groups in total. The van der Waals surface area contributed by atoms with E-state index in [1.54, 1.807) is 18.5 Å². The number of hydrogen-bond donors (Lipinski definition) is 1. The van der Waals surface area contributed by atoms with Gasteiger partial charge in [-0.3, -0.25) is 14.9 Å². The molecule has 0 amide bonds. The summed E-state index contributed by atoms with van der Waals surface area (Å²) in [6.07, 6.45) is 4.59. The Balaban J connectivity index is 0.996. The summed E-state index contributed by atoms with van der Waals surface area (Å²) in [5.74, 6) is 0.598. The molecule has 1 fully saturated rings. The van der Waals surface area contributed by atoms with Gasteiger partial charge >= 0.3 is 6.18 Å². The van der Waals surface area contributed by atoms with Gasteiger partial charge < -0.3 is 9.88 Å². The Labute approximate surface area is 274 Å². The lowest BCUT2D eigenvalue weighted by Gasteiger charge is -2.33. The summed E-state index contributed by atoms with van der Waals surface area (Å²) in [4.78, 5) is 20.7. The lowest BCUT2D eigenvalue weighted by Crippen LogP contribution is -2.39. The molecule has 1 aromatic carbocycles. The molecule has 0 saturated carbocycles. The molecule has 12 heteroatoms. The van der Waals surface area contributed by atoms with E-state index in [2.05, 4.69) is 60.9 Å². The summed E-state index contributed by atoms with van der Waals surface area (Å²) in [7, 11) is 0. The van der Waals surface area contributed by atoms with Crippen molar-refractivity contribution in [3.63, 3.8) is 0 Å². The fourth-order valence-electron chi connectivity index (χ4n) is 6.59. The number of rotatable bonds is 9. The number of alkyl halides is 3. The van der Waals surface area contributed by atoms with E-state index in [-0.39, 0.29) is 10.9 Å². The Bertz CT molecular complexity index is 2030. The molecular weight excluding hydrogens is 622 g/mol. The van der Waals surface area contributed by atoms with Gasteiger partial charge in [0.1, 0.15) is 28.7 Å². The molecule has 0 aliphatic carbocycles. The first-order chi connectivity index (χ1) is 22.7. The normalized spacial score (nSPS) is 16.1. The number of hydrogen-bond acceptors (Lipinski definition) is 8. The van der Waals surface area contributed by atoms with Crippen molar-refractivity contribution >= 4 is 44.0 Å². The number of pyridine rings is 1. The van der Waals surface area contributed by atoms with Crippen molar-refractivity contribution in [2.75, 3.05) is 25.0 Å². The van der Waals surface area contributed by atoms with Gasteiger partial charge in [0.25, 0.3) is 0 Å². The maximum atomic E-state index is 12.9. The largest absolute Gasteiger partial charge is 0.393 e. The number of fused-ring (bicyclic) bond motifs is 2. The molecule has 7 rings (SSSR count). The van der Waals surface area contributed by atoms with Gasteiger partial charge in [-0.05, 0) is 84.9 Å². The Morgan fingerprint density at radius 1 is 1.04 bits per heavy atom. The van der Waals surface area contributed by atoms with E-state index in [0.29, 0.717) is 34.8 Å². The number of aryl methyl sites for hydroxylation is 1. The van der Waals surface area contributed by atoms with Gasteiger partial charge in [0.2, 0.25) is 0 Å². The lowest BCUT2D eigenvalue weighted by molar-refractivity contribution is -0.126. The number of aliphatic imine (C=N–C) groups is 1. The zero-order chi connectivity index (χ0) is 32.5.